The van der Waals surface area contributed by atoms with Crippen LogP contribution in [0.5, 0.6) is 0 Å². The Hall–Kier alpha value is -0.586. The van der Waals surface area contributed by atoms with Crippen LogP contribution in [0.1, 0.15) is 52.9 Å². The highest BCUT2D eigenvalue weighted by Gasteiger charge is 2.42. The highest BCUT2D eigenvalue weighted by Crippen LogP contribution is 2.37. The van der Waals surface area contributed by atoms with Crippen molar-refractivity contribution in [3.63, 3.8) is 0 Å². The van der Waals surface area contributed by atoms with E-state index in [0.717, 1.165) is 12.2 Å². The molecule has 0 fully saturated rings. The van der Waals surface area contributed by atoms with Crippen LogP contribution in [0.15, 0.2) is 23.1 Å². The van der Waals surface area contributed by atoms with Crippen molar-refractivity contribution in [3.05, 3.63) is 30.0 Å². The van der Waals surface area contributed by atoms with Crippen molar-refractivity contribution in [3.8, 4) is 0 Å². The van der Waals surface area contributed by atoms with Gasteiger partial charge in [0, 0.05) is 12.0 Å². The van der Waals surface area contributed by atoms with E-state index in [2.05, 4.69) is 67.3 Å². The number of furan rings is 1. The average Bonchev–Trinajstić information content (AvgIpc) is 2.92. The summed E-state index contributed by atoms with van der Waals surface area (Å²) in [4.78, 5) is 0. The van der Waals surface area contributed by atoms with E-state index in [1.54, 1.807) is 0 Å². The first-order chi connectivity index (χ1) is 11.1. The lowest BCUT2D eigenvalue weighted by Gasteiger charge is -2.36. The van der Waals surface area contributed by atoms with Crippen molar-refractivity contribution >= 4 is 21.8 Å². The molecule has 0 N–H and O–H groups in total. The first-order valence-electron chi connectivity index (χ1n) is 9.43. The van der Waals surface area contributed by atoms with Gasteiger partial charge in [0.05, 0.1) is 12.0 Å². The summed E-state index contributed by atoms with van der Waals surface area (Å²) in [5, 5.41) is 1.47. The summed E-state index contributed by atoms with van der Waals surface area (Å²) in [7, 11) is -3.31. The topological polar surface area (TPSA) is 22.4 Å². The van der Waals surface area contributed by atoms with Crippen LogP contribution in [0.25, 0.3) is 0 Å². The van der Waals surface area contributed by atoms with Gasteiger partial charge in [-0.25, -0.2) is 0 Å². The molecule has 1 aromatic heterocycles. The van der Waals surface area contributed by atoms with Crippen molar-refractivity contribution in [1.29, 1.82) is 0 Å². The Morgan fingerprint density at radius 3 is 2.08 bits per heavy atom. The Balaban J connectivity index is 3.20. The van der Waals surface area contributed by atoms with Gasteiger partial charge < -0.3 is 8.84 Å². The molecule has 0 aromatic carbocycles. The Labute approximate surface area is 151 Å². The zero-order valence-electron chi connectivity index (χ0n) is 17.2. The molecule has 138 valence electrons. The van der Waals surface area contributed by atoms with E-state index in [0.29, 0.717) is 6.61 Å². The largest absolute Gasteiger partial charge is 0.471 e. The maximum Gasteiger partial charge on any atom is 0.192 e. The maximum atomic E-state index is 6.58. The first-order valence-corrected chi connectivity index (χ1v) is 15.0. The summed E-state index contributed by atoms with van der Waals surface area (Å²) in [6, 6.07) is 5.78. The van der Waals surface area contributed by atoms with Crippen molar-refractivity contribution in [2.75, 3.05) is 0 Å². The first kappa shape index (κ1) is 21.5. The Morgan fingerprint density at radius 1 is 1.12 bits per heavy atom. The molecule has 0 amide bonds. The van der Waals surface area contributed by atoms with Gasteiger partial charge >= 0.3 is 0 Å². The van der Waals surface area contributed by atoms with E-state index in [9.17, 15) is 0 Å². The molecule has 0 unspecified atom stereocenters. The predicted molar refractivity (Wildman–Crippen MR) is 111 cm³/mol. The molecule has 4 heteroatoms. The lowest BCUT2D eigenvalue weighted by atomic mass is 10.2. The second-order valence-corrected chi connectivity index (χ2v) is 18.4. The number of hydrogen-bond donors (Lipinski definition) is 0. The highest BCUT2D eigenvalue weighted by atomic mass is 28.4. The van der Waals surface area contributed by atoms with Crippen LogP contribution in [-0.4, -0.2) is 16.4 Å². The van der Waals surface area contributed by atoms with Gasteiger partial charge in [0.2, 0.25) is 0 Å². The molecule has 0 spiro atoms. The van der Waals surface area contributed by atoms with E-state index in [1.165, 1.54) is 29.1 Å². The minimum atomic E-state index is -1.73. The lowest BCUT2D eigenvalue weighted by Crippen LogP contribution is -2.50. The molecule has 0 aliphatic heterocycles. The van der Waals surface area contributed by atoms with Crippen LogP contribution in [0, 0.1) is 0 Å². The predicted octanol–water partition coefficient (Wildman–Crippen LogP) is 6.25. The molecule has 1 aromatic rings. The Kier molecular flexibility index (Phi) is 7.33. The minimum Gasteiger partial charge on any atom is -0.471 e. The van der Waals surface area contributed by atoms with Gasteiger partial charge in [-0.15, -0.1) is 6.58 Å². The monoisotopic (exact) mass is 366 g/mol. The summed E-state index contributed by atoms with van der Waals surface area (Å²) in [6.45, 7) is 23.3. The van der Waals surface area contributed by atoms with E-state index >= 15 is 0 Å². The van der Waals surface area contributed by atoms with Gasteiger partial charge in [0.15, 0.2) is 8.32 Å². The molecule has 2 nitrogen and oxygen atoms in total. The van der Waals surface area contributed by atoms with Gasteiger partial charge in [-0.3, -0.25) is 0 Å². The summed E-state index contributed by atoms with van der Waals surface area (Å²) in [5.41, 5.74) is 1.28. The summed E-state index contributed by atoms with van der Waals surface area (Å²) >= 11 is 0. The molecule has 0 radical (unpaired) electrons. The number of rotatable bonds is 9. The van der Waals surface area contributed by atoms with Crippen LogP contribution in [-0.2, 0) is 17.5 Å². The smallest absolute Gasteiger partial charge is 0.192 e. The Morgan fingerprint density at radius 2 is 1.67 bits per heavy atom. The molecule has 24 heavy (non-hydrogen) atoms. The maximum absolute atomic E-state index is 6.58. The van der Waals surface area contributed by atoms with E-state index < -0.39 is 16.4 Å². The standard InChI is InChI=1S/C20H38O2Si2/c1-10-14-18-15-17(16-21-24(11-2,12-3)13-4)19(22-18)23(8,9)20(5,6)7/h10,15H,1,11-14,16H2,2-9H3. The highest BCUT2D eigenvalue weighted by molar-refractivity contribution is 6.91. The molecule has 0 atom stereocenters. The van der Waals surface area contributed by atoms with Crippen LogP contribution >= 0.6 is 0 Å². The number of allylic oxidation sites excluding steroid dienone is 1. The van der Waals surface area contributed by atoms with Crippen LogP contribution in [0.2, 0.25) is 36.3 Å². The average molecular weight is 367 g/mol. The fraction of sp³-hybridized carbons (Fsp3) is 0.700. The molecule has 0 aliphatic carbocycles. The molecule has 1 rings (SSSR count). The second kappa shape index (κ2) is 8.20. The fourth-order valence-electron chi connectivity index (χ4n) is 2.99. The lowest BCUT2D eigenvalue weighted by molar-refractivity contribution is 0.287. The SMILES string of the molecule is C=CCc1cc(CO[Si](CC)(CC)CC)c([Si](C)(C)C(C)(C)C)o1. The molecule has 1 heterocycles. The van der Waals surface area contributed by atoms with Crippen LogP contribution in [0.4, 0.5) is 0 Å². The molecular weight excluding hydrogens is 328 g/mol. The summed E-state index contributed by atoms with van der Waals surface area (Å²) < 4.78 is 12.9. The third-order valence-electron chi connectivity index (χ3n) is 6.12. The fourth-order valence-corrected chi connectivity index (χ4v) is 7.58. The van der Waals surface area contributed by atoms with Crippen molar-refractivity contribution in [2.45, 2.75) is 90.8 Å². The molecule has 0 bridgehead atoms. The van der Waals surface area contributed by atoms with Crippen molar-refractivity contribution in [1.82, 2.24) is 0 Å². The quantitative estimate of drug-likeness (QED) is 0.381. The second-order valence-electron chi connectivity index (χ2n) is 8.47. The zero-order chi connectivity index (χ0) is 18.6. The summed E-state index contributed by atoms with van der Waals surface area (Å²) in [6.07, 6.45) is 2.71. The molecule has 0 saturated carbocycles. The van der Waals surface area contributed by atoms with E-state index in [1.807, 2.05) is 6.08 Å². The zero-order valence-corrected chi connectivity index (χ0v) is 19.2. The number of hydrogen-bond acceptors (Lipinski definition) is 2. The molecule has 0 saturated heterocycles. The molecule has 0 aliphatic rings. The third kappa shape index (κ3) is 4.52. The van der Waals surface area contributed by atoms with E-state index in [-0.39, 0.29) is 5.04 Å². The summed E-state index contributed by atoms with van der Waals surface area (Å²) in [5.74, 6) is 1.03. The van der Waals surface area contributed by atoms with E-state index in [4.69, 9.17) is 8.84 Å². The van der Waals surface area contributed by atoms with Gasteiger partial charge in [-0.05, 0) is 29.2 Å². The normalized spacial score (nSPS) is 13.3. The van der Waals surface area contributed by atoms with Crippen molar-refractivity contribution < 1.29 is 8.84 Å². The van der Waals surface area contributed by atoms with Gasteiger partial charge in [-0.2, -0.15) is 0 Å². The third-order valence-corrected chi connectivity index (χ3v) is 16.0. The minimum absolute atomic E-state index is 0.250. The van der Waals surface area contributed by atoms with Crippen LogP contribution < -0.4 is 5.38 Å². The van der Waals surface area contributed by atoms with Gasteiger partial charge in [-0.1, -0.05) is 60.7 Å². The van der Waals surface area contributed by atoms with Crippen LogP contribution in [0.3, 0.4) is 0 Å². The molecular formula is C20H38O2Si2. The van der Waals surface area contributed by atoms with Crippen molar-refractivity contribution in [2.24, 2.45) is 0 Å². The van der Waals surface area contributed by atoms with Gasteiger partial charge in [0.1, 0.15) is 13.8 Å². The Bertz CT molecular complexity index is 526. The van der Waals surface area contributed by atoms with Gasteiger partial charge in [0.25, 0.3) is 0 Å².